The number of amides is 2. The molecular formula is C37H42N6O5Si. The molecule has 3 aromatic carbocycles. The van der Waals surface area contributed by atoms with Gasteiger partial charge in [-0.25, -0.2) is 0 Å². The van der Waals surface area contributed by atoms with Gasteiger partial charge in [0.15, 0.2) is 13.9 Å². The molecule has 7 rings (SSSR count). The van der Waals surface area contributed by atoms with Crippen molar-refractivity contribution < 1.29 is 24.2 Å². The van der Waals surface area contributed by atoms with Crippen LogP contribution in [0.1, 0.15) is 41.6 Å². The summed E-state index contributed by atoms with van der Waals surface area (Å²) in [5, 5.41) is 22.9. The highest BCUT2D eigenvalue weighted by Crippen LogP contribution is 2.59. The van der Waals surface area contributed by atoms with Crippen molar-refractivity contribution in [1.82, 2.24) is 20.0 Å². The number of benzene rings is 3. The summed E-state index contributed by atoms with van der Waals surface area (Å²) in [6, 6.07) is 23.1. The van der Waals surface area contributed by atoms with Crippen LogP contribution in [0.4, 0.5) is 11.4 Å². The highest BCUT2D eigenvalue weighted by molar-refractivity contribution is 6.71. The minimum absolute atomic E-state index is 0.0959. The molecule has 2 aliphatic rings. The Morgan fingerprint density at radius 1 is 1.12 bits per heavy atom. The van der Waals surface area contributed by atoms with E-state index in [1.807, 2.05) is 105 Å². The quantitative estimate of drug-likeness (QED) is 0.153. The van der Waals surface area contributed by atoms with Gasteiger partial charge in [-0.2, -0.15) is 0 Å². The molecule has 2 aromatic heterocycles. The predicted octanol–water partition coefficient (Wildman–Crippen LogP) is 4.93. The van der Waals surface area contributed by atoms with Gasteiger partial charge in [-0.15, -0.1) is 5.10 Å². The molecule has 4 N–H and O–H groups in total. The lowest BCUT2D eigenvalue weighted by atomic mass is 9.82. The largest absolute Gasteiger partial charge is 0.432 e. The number of H-pyrrole nitrogens is 1. The Bertz CT molecular complexity index is 2010. The molecular weight excluding hydrogens is 637 g/mol. The van der Waals surface area contributed by atoms with Crippen LogP contribution in [0.15, 0.2) is 85.2 Å². The Kier molecular flexibility index (Phi) is 8.51. The molecule has 12 heteroatoms. The zero-order valence-corrected chi connectivity index (χ0v) is 29.1. The Morgan fingerprint density at radius 2 is 1.88 bits per heavy atom. The van der Waals surface area contributed by atoms with Crippen molar-refractivity contribution in [1.29, 1.82) is 0 Å². The number of carbonyl (C=O) groups excluding carboxylic acids is 2. The Morgan fingerprint density at radius 3 is 2.63 bits per heavy atom. The molecule has 0 aliphatic carbocycles. The number of carbonyl (C=O) groups is 2. The molecule has 11 nitrogen and oxygen atoms in total. The molecule has 0 saturated carbocycles. The summed E-state index contributed by atoms with van der Waals surface area (Å²) in [6.07, 6.45) is 3.97. The molecule has 5 atom stereocenters. The lowest BCUT2D eigenvalue weighted by molar-refractivity contribution is -0.145. The molecule has 2 amide bonds. The SMILES string of the molecule is C[C@H]1[C@H]([Si](C)(C)O)[C@@H](CCn2cc(C(CO)c3ccccc3)nn2)O[C@]12C(=O)N(C)c1ccc(NC(=O)Cc3c[nH]c4ccccc34)cc12. The topological polar surface area (TPSA) is 146 Å². The number of nitrogens with zero attached hydrogens (tertiary/aromatic N) is 4. The molecule has 0 radical (unpaired) electrons. The summed E-state index contributed by atoms with van der Waals surface area (Å²) >= 11 is 0. The third-order valence-electron chi connectivity index (χ3n) is 10.4. The van der Waals surface area contributed by atoms with Gasteiger partial charge in [0.25, 0.3) is 5.91 Å². The molecule has 1 saturated heterocycles. The first kappa shape index (κ1) is 32.9. The van der Waals surface area contributed by atoms with Gasteiger partial charge < -0.3 is 29.8 Å². The molecule has 5 aromatic rings. The summed E-state index contributed by atoms with van der Waals surface area (Å²) < 4.78 is 8.63. The van der Waals surface area contributed by atoms with E-state index in [-0.39, 0.29) is 42.2 Å². The minimum Gasteiger partial charge on any atom is -0.432 e. The number of hydrogen-bond donors (Lipinski definition) is 4. The number of aromatic nitrogens is 4. The van der Waals surface area contributed by atoms with E-state index in [1.54, 1.807) is 16.6 Å². The van der Waals surface area contributed by atoms with Crippen LogP contribution >= 0.6 is 0 Å². The van der Waals surface area contributed by atoms with Crippen LogP contribution in [0.25, 0.3) is 10.9 Å². The summed E-state index contributed by atoms with van der Waals surface area (Å²) in [6.45, 7) is 6.15. The van der Waals surface area contributed by atoms with E-state index in [2.05, 4.69) is 20.6 Å². The minimum atomic E-state index is -2.86. The first-order valence-corrected chi connectivity index (χ1v) is 19.8. The highest BCUT2D eigenvalue weighted by atomic mass is 28.4. The average Bonchev–Trinajstić information content (AvgIpc) is 3.83. The Balaban J connectivity index is 1.13. The van der Waals surface area contributed by atoms with Gasteiger partial charge in [-0.3, -0.25) is 14.3 Å². The standard InChI is InChI=1S/C37H42N6O5Si/c1-23-35(49(3,4)47)33(16-17-43-21-31(40-41-43)28(22-44)24-10-6-5-7-11-24)48-37(23)29-19-26(14-15-32(29)42(2)36(37)46)39-34(45)18-25-20-38-30-13-9-8-12-27(25)30/h5-15,19-21,23,28,33,35,38,44,47H,16-18,22H2,1-4H3,(H,39,45)/t23-,28?,33+,35-,37+/m0/s1. The molecule has 0 bridgehead atoms. The van der Waals surface area contributed by atoms with Crippen LogP contribution in [0.2, 0.25) is 18.6 Å². The van der Waals surface area contributed by atoms with Crippen molar-refractivity contribution in [2.45, 2.75) is 62.6 Å². The fraction of sp³-hybridized carbons (Fsp3) is 0.351. The average molecular weight is 679 g/mol. The van der Waals surface area contributed by atoms with Crippen molar-refractivity contribution in [3.05, 3.63) is 108 Å². The van der Waals surface area contributed by atoms with Gasteiger partial charge in [-0.05, 0) is 54.9 Å². The first-order valence-electron chi connectivity index (χ1n) is 16.7. The summed E-state index contributed by atoms with van der Waals surface area (Å²) in [4.78, 5) is 43.9. The van der Waals surface area contributed by atoms with Crippen LogP contribution in [-0.4, -0.2) is 69.8 Å². The fourth-order valence-electron chi connectivity index (χ4n) is 8.08. The Labute approximate surface area is 286 Å². The number of rotatable bonds is 10. The van der Waals surface area contributed by atoms with E-state index >= 15 is 0 Å². The predicted molar refractivity (Wildman–Crippen MR) is 190 cm³/mol. The maximum Gasteiger partial charge on any atom is 0.264 e. The fourth-order valence-corrected chi connectivity index (χ4v) is 10.7. The number of fused-ring (bicyclic) bond motifs is 3. The normalized spacial score (nSPS) is 22.6. The van der Waals surface area contributed by atoms with E-state index in [4.69, 9.17) is 4.74 Å². The molecule has 1 spiro atoms. The number of aryl methyl sites for hydroxylation is 1. The number of ether oxygens (including phenoxy) is 1. The van der Waals surface area contributed by atoms with Crippen LogP contribution in [0.3, 0.4) is 0 Å². The van der Waals surface area contributed by atoms with Crippen molar-refractivity contribution in [3.8, 4) is 0 Å². The molecule has 254 valence electrons. The van der Waals surface area contributed by atoms with Crippen molar-refractivity contribution >= 4 is 42.4 Å². The van der Waals surface area contributed by atoms with Crippen molar-refractivity contribution in [3.63, 3.8) is 0 Å². The number of aromatic amines is 1. The van der Waals surface area contributed by atoms with E-state index in [9.17, 15) is 19.5 Å². The lowest BCUT2D eigenvalue weighted by Gasteiger charge is -2.32. The second kappa shape index (κ2) is 12.7. The third-order valence-corrected chi connectivity index (χ3v) is 12.9. The number of hydrogen-bond acceptors (Lipinski definition) is 7. The summed E-state index contributed by atoms with van der Waals surface area (Å²) in [7, 11) is -1.12. The number of para-hydroxylation sites is 1. The third kappa shape index (κ3) is 5.78. The highest BCUT2D eigenvalue weighted by Gasteiger charge is 2.65. The van der Waals surface area contributed by atoms with Gasteiger partial charge in [0.05, 0.1) is 36.4 Å². The van der Waals surface area contributed by atoms with E-state index in [1.165, 1.54) is 0 Å². The Hall–Kier alpha value is -4.62. The number of likely N-dealkylation sites (N-methyl/N-ethyl adjacent to an activating group) is 1. The van der Waals surface area contributed by atoms with Crippen LogP contribution in [-0.2, 0) is 32.9 Å². The second-order valence-electron chi connectivity index (χ2n) is 13.9. The molecule has 1 unspecified atom stereocenters. The summed E-state index contributed by atoms with van der Waals surface area (Å²) in [5.74, 6) is -0.975. The zero-order valence-electron chi connectivity index (χ0n) is 28.1. The van der Waals surface area contributed by atoms with Crippen LogP contribution < -0.4 is 10.2 Å². The number of nitrogens with one attached hydrogen (secondary N) is 2. The van der Waals surface area contributed by atoms with Gasteiger partial charge in [0.1, 0.15) is 0 Å². The zero-order chi connectivity index (χ0) is 34.5. The van der Waals surface area contributed by atoms with Gasteiger partial charge in [0.2, 0.25) is 5.91 Å². The number of anilines is 2. The van der Waals surface area contributed by atoms with Crippen LogP contribution in [0.5, 0.6) is 0 Å². The summed E-state index contributed by atoms with van der Waals surface area (Å²) in [5.41, 5.74) is 3.93. The van der Waals surface area contributed by atoms with E-state index in [0.717, 1.165) is 27.7 Å². The maximum atomic E-state index is 14.2. The monoisotopic (exact) mass is 678 g/mol. The van der Waals surface area contributed by atoms with Crippen LogP contribution in [0, 0.1) is 5.92 Å². The number of aliphatic hydroxyl groups excluding tert-OH is 1. The van der Waals surface area contributed by atoms with Gasteiger partial charge in [-0.1, -0.05) is 60.7 Å². The molecule has 2 aliphatic heterocycles. The van der Waals surface area contributed by atoms with E-state index < -0.39 is 20.0 Å². The maximum absolute atomic E-state index is 14.2. The lowest BCUT2D eigenvalue weighted by Crippen LogP contribution is -2.45. The first-order chi connectivity index (χ1) is 23.5. The van der Waals surface area contributed by atoms with Crippen molar-refractivity contribution in [2.75, 3.05) is 23.9 Å². The molecule has 49 heavy (non-hydrogen) atoms. The molecule has 1 fully saturated rings. The molecule has 4 heterocycles. The second-order valence-corrected chi connectivity index (χ2v) is 17.9. The van der Waals surface area contributed by atoms with Crippen molar-refractivity contribution in [2.24, 2.45) is 5.92 Å². The van der Waals surface area contributed by atoms with Gasteiger partial charge in [0, 0.05) is 59.6 Å². The van der Waals surface area contributed by atoms with Gasteiger partial charge >= 0.3 is 0 Å². The van der Waals surface area contributed by atoms with E-state index in [0.29, 0.717) is 29.9 Å². The smallest absolute Gasteiger partial charge is 0.264 e. The number of aliphatic hydroxyl groups is 1.